The van der Waals surface area contributed by atoms with Crippen molar-refractivity contribution in [3.8, 4) is 11.5 Å². The largest absolute Gasteiger partial charge is 0.493 e. The maximum absolute atomic E-state index is 5.38. The summed E-state index contributed by atoms with van der Waals surface area (Å²) in [6.07, 6.45) is 2.08. The summed E-state index contributed by atoms with van der Waals surface area (Å²) in [7, 11) is 5.13. The van der Waals surface area contributed by atoms with Gasteiger partial charge in [-0.2, -0.15) is 0 Å². The first-order chi connectivity index (χ1) is 14.2. The minimum absolute atomic E-state index is 0.625. The summed E-state index contributed by atoms with van der Waals surface area (Å²) in [4.78, 5) is 6.81. The lowest BCUT2D eigenvalue weighted by Gasteiger charge is -2.19. The molecule has 0 amide bonds. The van der Waals surface area contributed by atoms with E-state index in [9.17, 15) is 0 Å². The van der Waals surface area contributed by atoms with Crippen LogP contribution in [-0.2, 0) is 6.42 Å². The molecule has 0 saturated carbocycles. The maximum atomic E-state index is 5.38. The highest BCUT2D eigenvalue weighted by molar-refractivity contribution is 5.79. The van der Waals surface area contributed by atoms with Crippen molar-refractivity contribution in [3.05, 3.63) is 54.1 Å². The van der Waals surface area contributed by atoms with Crippen LogP contribution in [0.1, 0.15) is 12.0 Å². The Labute approximate surface area is 173 Å². The van der Waals surface area contributed by atoms with Gasteiger partial charge in [0.1, 0.15) is 0 Å². The lowest BCUT2D eigenvalue weighted by Crippen LogP contribution is -2.41. The van der Waals surface area contributed by atoms with Crippen LogP contribution in [-0.4, -0.2) is 53.4 Å². The fourth-order valence-corrected chi connectivity index (χ4v) is 3.70. The Morgan fingerprint density at radius 2 is 1.86 bits per heavy atom. The topological polar surface area (TPSA) is 58.1 Å². The summed E-state index contributed by atoms with van der Waals surface area (Å²) in [5.74, 6) is 2.99. The number of rotatable bonds is 8. The van der Waals surface area contributed by atoms with Crippen LogP contribution in [0, 0.1) is 5.92 Å². The molecule has 1 aliphatic heterocycles. The molecule has 0 aliphatic carbocycles. The van der Waals surface area contributed by atoms with E-state index in [1.165, 1.54) is 17.7 Å². The molecule has 0 spiro atoms. The van der Waals surface area contributed by atoms with Crippen LogP contribution in [0.25, 0.3) is 0 Å². The molecule has 1 unspecified atom stereocenters. The van der Waals surface area contributed by atoms with E-state index >= 15 is 0 Å². The normalized spacial score (nSPS) is 16.6. The molecule has 0 radical (unpaired) electrons. The Morgan fingerprint density at radius 1 is 1.07 bits per heavy atom. The van der Waals surface area contributed by atoms with E-state index in [0.717, 1.165) is 50.1 Å². The zero-order valence-electron chi connectivity index (χ0n) is 17.6. The van der Waals surface area contributed by atoms with Crippen LogP contribution in [0.3, 0.4) is 0 Å². The molecule has 1 atom stereocenters. The molecule has 1 heterocycles. The van der Waals surface area contributed by atoms with Crippen molar-refractivity contribution in [2.75, 3.05) is 52.3 Å². The average molecular weight is 397 g/mol. The summed E-state index contributed by atoms with van der Waals surface area (Å²) in [6, 6.07) is 16.7. The molecule has 0 aromatic heterocycles. The van der Waals surface area contributed by atoms with Gasteiger partial charge in [0.05, 0.1) is 14.2 Å². The third-order valence-electron chi connectivity index (χ3n) is 5.34. The zero-order valence-corrected chi connectivity index (χ0v) is 17.6. The number of guanidine groups is 1. The molecule has 0 bridgehead atoms. The van der Waals surface area contributed by atoms with Crippen molar-refractivity contribution >= 4 is 11.6 Å². The monoisotopic (exact) mass is 396 g/mol. The summed E-state index contributed by atoms with van der Waals surface area (Å²) >= 11 is 0. The van der Waals surface area contributed by atoms with Gasteiger partial charge in [-0.3, -0.25) is 4.99 Å². The first-order valence-corrected chi connectivity index (χ1v) is 10.2. The summed E-state index contributed by atoms with van der Waals surface area (Å²) < 4.78 is 10.7. The molecular weight excluding hydrogens is 364 g/mol. The van der Waals surface area contributed by atoms with Gasteiger partial charge in [-0.15, -0.1) is 0 Å². The molecule has 2 aromatic carbocycles. The van der Waals surface area contributed by atoms with E-state index in [-0.39, 0.29) is 0 Å². The van der Waals surface area contributed by atoms with Crippen LogP contribution in [0.5, 0.6) is 11.5 Å². The van der Waals surface area contributed by atoms with Gasteiger partial charge in [-0.05, 0) is 48.6 Å². The van der Waals surface area contributed by atoms with Gasteiger partial charge in [0.25, 0.3) is 0 Å². The first kappa shape index (κ1) is 20.8. The highest BCUT2D eigenvalue weighted by Gasteiger charge is 2.22. The number of para-hydroxylation sites is 1. The van der Waals surface area contributed by atoms with Gasteiger partial charge >= 0.3 is 0 Å². The van der Waals surface area contributed by atoms with Crippen LogP contribution in [0.2, 0.25) is 0 Å². The number of nitrogens with one attached hydrogen (secondary N) is 2. The molecule has 1 saturated heterocycles. The van der Waals surface area contributed by atoms with Crippen molar-refractivity contribution in [1.82, 2.24) is 10.6 Å². The average Bonchev–Trinajstić information content (AvgIpc) is 3.25. The minimum atomic E-state index is 0.625. The maximum Gasteiger partial charge on any atom is 0.190 e. The van der Waals surface area contributed by atoms with Crippen molar-refractivity contribution in [3.63, 3.8) is 0 Å². The summed E-state index contributed by atoms with van der Waals surface area (Å²) in [6.45, 7) is 3.93. The molecule has 1 fully saturated rings. The van der Waals surface area contributed by atoms with E-state index in [4.69, 9.17) is 9.47 Å². The lowest BCUT2D eigenvalue weighted by molar-refractivity contribution is 0.354. The Bertz CT molecular complexity index is 795. The SMILES string of the molecule is CN=C(NCCc1ccc(OC)c(OC)c1)NCC1CCN(c2ccccc2)C1. The number of ether oxygens (including phenoxy) is 2. The van der Waals surface area contributed by atoms with E-state index in [1.807, 2.05) is 19.2 Å². The number of methoxy groups -OCH3 is 2. The third-order valence-corrected chi connectivity index (χ3v) is 5.34. The quantitative estimate of drug-likeness (QED) is 0.531. The van der Waals surface area contributed by atoms with E-state index in [2.05, 4.69) is 56.9 Å². The van der Waals surface area contributed by atoms with Crippen LogP contribution < -0.4 is 25.0 Å². The number of hydrogen-bond donors (Lipinski definition) is 2. The predicted molar refractivity (Wildman–Crippen MR) is 119 cm³/mol. The Hall–Kier alpha value is -2.89. The van der Waals surface area contributed by atoms with Crippen molar-refractivity contribution in [1.29, 1.82) is 0 Å². The summed E-state index contributed by atoms with van der Waals surface area (Å²) in [5.41, 5.74) is 2.51. The second-order valence-corrected chi connectivity index (χ2v) is 7.26. The lowest BCUT2D eigenvalue weighted by atomic mass is 10.1. The van der Waals surface area contributed by atoms with Gasteiger partial charge in [0, 0.05) is 38.9 Å². The van der Waals surface area contributed by atoms with Crippen LogP contribution in [0.4, 0.5) is 5.69 Å². The zero-order chi connectivity index (χ0) is 20.5. The van der Waals surface area contributed by atoms with Crippen molar-refractivity contribution in [2.24, 2.45) is 10.9 Å². The molecule has 6 nitrogen and oxygen atoms in total. The number of benzene rings is 2. The smallest absolute Gasteiger partial charge is 0.190 e. The van der Waals surface area contributed by atoms with Crippen molar-refractivity contribution < 1.29 is 9.47 Å². The van der Waals surface area contributed by atoms with E-state index in [1.54, 1.807) is 14.2 Å². The molecule has 6 heteroatoms. The highest BCUT2D eigenvalue weighted by Crippen LogP contribution is 2.27. The minimum Gasteiger partial charge on any atom is -0.493 e. The molecule has 2 aromatic rings. The van der Waals surface area contributed by atoms with Crippen molar-refractivity contribution in [2.45, 2.75) is 12.8 Å². The number of hydrogen-bond acceptors (Lipinski definition) is 4. The fraction of sp³-hybridized carbons (Fsp3) is 0.435. The first-order valence-electron chi connectivity index (χ1n) is 10.2. The molecule has 29 heavy (non-hydrogen) atoms. The van der Waals surface area contributed by atoms with Gasteiger partial charge in [0.2, 0.25) is 0 Å². The fourth-order valence-electron chi connectivity index (χ4n) is 3.70. The van der Waals surface area contributed by atoms with Crippen LogP contribution >= 0.6 is 0 Å². The van der Waals surface area contributed by atoms with E-state index < -0.39 is 0 Å². The Balaban J connectivity index is 1.41. The Morgan fingerprint density at radius 3 is 2.59 bits per heavy atom. The number of anilines is 1. The second-order valence-electron chi connectivity index (χ2n) is 7.26. The van der Waals surface area contributed by atoms with Gasteiger partial charge in [-0.1, -0.05) is 24.3 Å². The number of aliphatic imine (C=N–C) groups is 1. The van der Waals surface area contributed by atoms with E-state index in [0.29, 0.717) is 5.92 Å². The number of nitrogens with zero attached hydrogens (tertiary/aromatic N) is 2. The molecule has 156 valence electrons. The van der Waals surface area contributed by atoms with Gasteiger partial charge < -0.3 is 25.0 Å². The third kappa shape index (κ3) is 5.79. The van der Waals surface area contributed by atoms with Gasteiger partial charge in [0.15, 0.2) is 17.5 Å². The highest BCUT2D eigenvalue weighted by atomic mass is 16.5. The second kappa shape index (κ2) is 10.6. The Kier molecular flexibility index (Phi) is 7.61. The predicted octanol–water partition coefficient (Wildman–Crippen LogP) is 2.94. The molecular formula is C23H32N4O2. The standard InChI is InChI=1S/C23H32N4O2/c1-24-23(25-13-11-18-9-10-21(28-2)22(15-18)29-3)26-16-19-12-14-27(17-19)20-7-5-4-6-8-20/h4-10,15,19H,11-14,16-17H2,1-3H3,(H2,24,25,26). The summed E-state index contributed by atoms with van der Waals surface area (Å²) in [5, 5.41) is 6.88. The molecule has 2 N–H and O–H groups in total. The molecule has 1 aliphatic rings. The van der Waals surface area contributed by atoms with Gasteiger partial charge in [-0.25, -0.2) is 0 Å². The van der Waals surface area contributed by atoms with Crippen LogP contribution in [0.15, 0.2) is 53.5 Å². The molecule has 3 rings (SSSR count).